The van der Waals surface area contributed by atoms with Gasteiger partial charge in [-0.05, 0) is 42.8 Å². The number of carbonyl (C=O) groups is 1. The molecule has 1 heterocycles. The highest BCUT2D eigenvalue weighted by Crippen LogP contribution is 2.25. The van der Waals surface area contributed by atoms with Crippen LogP contribution >= 0.6 is 35.0 Å². The van der Waals surface area contributed by atoms with Gasteiger partial charge in [0.1, 0.15) is 0 Å². The SMILES string of the molecule is CCn1c(SCC(=O)N/N=C/C(Cl)=C/c2ccccc2)nnc1-c1ccc(Cl)cc1. The van der Waals surface area contributed by atoms with Crippen LogP contribution in [0, 0.1) is 0 Å². The first kappa shape index (κ1) is 22.1. The van der Waals surface area contributed by atoms with Crippen LogP contribution in [0.5, 0.6) is 0 Å². The maximum Gasteiger partial charge on any atom is 0.250 e. The molecule has 1 N–H and O–H groups in total. The van der Waals surface area contributed by atoms with Gasteiger partial charge < -0.3 is 4.57 Å². The normalized spacial score (nSPS) is 11.8. The molecule has 0 spiro atoms. The van der Waals surface area contributed by atoms with Crippen molar-refractivity contribution in [1.29, 1.82) is 0 Å². The van der Waals surface area contributed by atoms with E-state index in [4.69, 9.17) is 23.2 Å². The van der Waals surface area contributed by atoms with Crippen molar-refractivity contribution < 1.29 is 4.79 Å². The molecule has 0 bridgehead atoms. The number of hydrogen-bond acceptors (Lipinski definition) is 5. The van der Waals surface area contributed by atoms with Crippen molar-refractivity contribution >= 4 is 53.2 Å². The fraction of sp³-hybridized carbons (Fsp3) is 0.143. The summed E-state index contributed by atoms with van der Waals surface area (Å²) >= 11 is 13.3. The van der Waals surface area contributed by atoms with Crippen LogP contribution in [0.3, 0.4) is 0 Å². The first-order valence-corrected chi connectivity index (χ1v) is 10.9. The molecule has 0 atom stereocenters. The number of hydrazone groups is 1. The highest BCUT2D eigenvalue weighted by atomic mass is 35.5. The van der Waals surface area contributed by atoms with E-state index in [1.54, 1.807) is 18.2 Å². The molecule has 9 heteroatoms. The molecule has 3 rings (SSSR count). The Labute approximate surface area is 189 Å². The van der Waals surface area contributed by atoms with E-state index in [-0.39, 0.29) is 11.7 Å². The molecule has 3 aromatic rings. The molecule has 0 aliphatic heterocycles. The van der Waals surface area contributed by atoms with E-state index < -0.39 is 0 Å². The lowest BCUT2D eigenvalue weighted by atomic mass is 10.2. The van der Waals surface area contributed by atoms with Gasteiger partial charge in [-0.3, -0.25) is 4.79 Å². The number of benzene rings is 2. The van der Waals surface area contributed by atoms with E-state index in [9.17, 15) is 4.79 Å². The number of allylic oxidation sites excluding steroid dienone is 1. The topological polar surface area (TPSA) is 72.2 Å². The van der Waals surface area contributed by atoms with Gasteiger partial charge in [0.25, 0.3) is 5.91 Å². The molecule has 0 unspecified atom stereocenters. The third kappa shape index (κ3) is 6.19. The molecule has 6 nitrogen and oxygen atoms in total. The largest absolute Gasteiger partial charge is 0.302 e. The monoisotopic (exact) mass is 459 g/mol. The Balaban J connectivity index is 1.56. The van der Waals surface area contributed by atoms with Crippen molar-refractivity contribution in [1.82, 2.24) is 20.2 Å². The van der Waals surface area contributed by atoms with Crippen LogP contribution in [0.1, 0.15) is 12.5 Å². The smallest absolute Gasteiger partial charge is 0.250 e. The molecule has 0 aliphatic carbocycles. The van der Waals surface area contributed by atoms with Crippen LogP contribution in [-0.2, 0) is 11.3 Å². The number of nitrogens with one attached hydrogen (secondary N) is 1. The van der Waals surface area contributed by atoms with Crippen molar-refractivity contribution in [2.24, 2.45) is 5.10 Å². The quantitative estimate of drug-likeness (QED) is 0.289. The van der Waals surface area contributed by atoms with Gasteiger partial charge in [0, 0.05) is 17.1 Å². The van der Waals surface area contributed by atoms with Gasteiger partial charge in [-0.15, -0.1) is 10.2 Å². The van der Waals surface area contributed by atoms with Gasteiger partial charge in [0.05, 0.1) is 17.0 Å². The summed E-state index contributed by atoms with van der Waals surface area (Å²) in [4.78, 5) is 12.1. The van der Waals surface area contributed by atoms with Crippen LogP contribution in [0.25, 0.3) is 17.5 Å². The van der Waals surface area contributed by atoms with Gasteiger partial charge >= 0.3 is 0 Å². The van der Waals surface area contributed by atoms with E-state index in [0.717, 1.165) is 17.0 Å². The third-order valence-electron chi connectivity index (χ3n) is 3.95. The van der Waals surface area contributed by atoms with E-state index in [2.05, 4.69) is 20.7 Å². The van der Waals surface area contributed by atoms with E-state index >= 15 is 0 Å². The zero-order valence-electron chi connectivity index (χ0n) is 16.1. The van der Waals surface area contributed by atoms with Crippen molar-refractivity contribution in [3.8, 4) is 11.4 Å². The molecule has 0 aliphatic rings. The minimum absolute atomic E-state index is 0.149. The molecule has 0 fully saturated rings. The fourth-order valence-corrected chi connectivity index (χ4v) is 3.66. The molecule has 1 amide bonds. The number of halogens is 2. The fourth-order valence-electron chi connectivity index (χ4n) is 2.57. The molecule has 0 saturated heterocycles. The number of amides is 1. The summed E-state index contributed by atoms with van der Waals surface area (Å²) in [5.74, 6) is 0.614. The lowest BCUT2D eigenvalue weighted by Gasteiger charge is -2.07. The minimum Gasteiger partial charge on any atom is -0.302 e. The van der Waals surface area contributed by atoms with E-state index in [1.807, 2.05) is 54.0 Å². The minimum atomic E-state index is -0.265. The van der Waals surface area contributed by atoms with E-state index in [0.29, 0.717) is 21.8 Å². The Bertz CT molecular complexity index is 1050. The summed E-state index contributed by atoms with van der Waals surface area (Å²) in [6.07, 6.45) is 3.15. The first-order chi connectivity index (χ1) is 14.6. The van der Waals surface area contributed by atoms with Gasteiger partial charge in [-0.1, -0.05) is 65.3 Å². The predicted molar refractivity (Wildman–Crippen MR) is 124 cm³/mol. The summed E-state index contributed by atoms with van der Waals surface area (Å²) in [7, 11) is 0. The summed E-state index contributed by atoms with van der Waals surface area (Å²) < 4.78 is 1.95. The van der Waals surface area contributed by atoms with Crippen LogP contribution in [-0.4, -0.2) is 32.6 Å². The highest BCUT2D eigenvalue weighted by molar-refractivity contribution is 7.99. The summed E-state index contributed by atoms with van der Waals surface area (Å²) in [6.45, 7) is 2.67. The molecule has 30 heavy (non-hydrogen) atoms. The Morgan fingerprint density at radius 1 is 1.17 bits per heavy atom. The van der Waals surface area contributed by atoms with E-state index in [1.165, 1.54) is 18.0 Å². The number of aromatic nitrogens is 3. The molecular formula is C21H19Cl2N5OS. The van der Waals surface area contributed by atoms with Gasteiger partial charge in [0.15, 0.2) is 11.0 Å². The number of thioether (sulfide) groups is 1. The van der Waals surface area contributed by atoms with Crippen molar-refractivity contribution in [3.63, 3.8) is 0 Å². The first-order valence-electron chi connectivity index (χ1n) is 9.13. The maximum absolute atomic E-state index is 12.1. The van der Waals surface area contributed by atoms with Crippen molar-refractivity contribution in [2.45, 2.75) is 18.6 Å². The second-order valence-electron chi connectivity index (χ2n) is 6.08. The zero-order valence-corrected chi connectivity index (χ0v) is 18.5. The Morgan fingerprint density at radius 3 is 2.60 bits per heavy atom. The highest BCUT2D eigenvalue weighted by Gasteiger charge is 2.14. The molecule has 154 valence electrons. The van der Waals surface area contributed by atoms with Crippen LogP contribution in [0.15, 0.2) is 69.9 Å². The number of carbonyl (C=O) groups excluding carboxylic acids is 1. The molecule has 0 saturated carbocycles. The summed E-state index contributed by atoms with van der Waals surface area (Å²) in [6, 6.07) is 17.0. The van der Waals surface area contributed by atoms with Crippen molar-refractivity contribution in [3.05, 3.63) is 70.2 Å². The lowest BCUT2D eigenvalue weighted by molar-refractivity contribution is -0.118. The summed E-state index contributed by atoms with van der Waals surface area (Å²) in [5, 5.41) is 14.1. The average Bonchev–Trinajstić information content (AvgIpc) is 3.16. The molecule has 0 radical (unpaired) electrons. The average molecular weight is 460 g/mol. The Morgan fingerprint density at radius 2 is 1.90 bits per heavy atom. The number of rotatable bonds is 8. The second-order valence-corrected chi connectivity index (χ2v) is 7.89. The van der Waals surface area contributed by atoms with Gasteiger partial charge in [-0.25, -0.2) is 5.43 Å². The Kier molecular flexibility index (Phi) is 8.07. The second kappa shape index (κ2) is 11.0. The van der Waals surface area contributed by atoms with Crippen LogP contribution in [0.2, 0.25) is 5.02 Å². The predicted octanol–water partition coefficient (Wildman–Crippen LogP) is 5.09. The maximum atomic E-state index is 12.1. The van der Waals surface area contributed by atoms with Crippen molar-refractivity contribution in [2.75, 3.05) is 5.75 Å². The van der Waals surface area contributed by atoms with Gasteiger partial charge in [-0.2, -0.15) is 5.10 Å². The van der Waals surface area contributed by atoms with Gasteiger partial charge in [0.2, 0.25) is 0 Å². The third-order valence-corrected chi connectivity index (χ3v) is 5.37. The summed E-state index contributed by atoms with van der Waals surface area (Å²) in [5.41, 5.74) is 4.33. The lowest BCUT2D eigenvalue weighted by Crippen LogP contribution is -2.19. The van der Waals surface area contributed by atoms with Crippen LogP contribution in [0.4, 0.5) is 0 Å². The standard InChI is InChI=1S/C21H19Cl2N5OS/c1-2-28-20(16-8-10-17(22)11-9-16)26-27-21(28)30-14-19(29)25-24-13-18(23)12-15-6-4-3-5-7-15/h3-13H,2,14H2,1H3,(H,25,29)/b18-12-,24-13+. The van der Waals surface area contributed by atoms with Crippen LogP contribution < -0.4 is 5.43 Å². The molecular weight excluding hydrogens is 441 g/mol. The number of hydrogen-bond donors (Lipinski definition) is 1. The zero-order chi connectivity index (χ0) is 21.3. The molecule has 2 aromatic carbocycles. The molecule has 1 aromatic heterocycles. The number of nitrogens with zero attached hydrogens (tertiary/aromatic N) is 4. The Hall–Kier alpha value is -2.61.